The molecule has 2 N–H and O–H groups in total. The maximum atomic E-state index is 12.0. The zero-order valence-electron chi connectivity index (χ0n) is 12.8. The summed E-state index contributed by atoms with van der Waals surface area (Å²) in [6.45, 7) is 3.59. The molecule has 0 aliphatic heterocycles. The first kappa shape index (κ1) is 17.3. The summed E-state index contributed by atoms with van der Waals surface area (Å²) in [7, 11) is 0. The number of hydrogen-bond donors (Lipinski definition) is 2. The van der Waals surface area contributed by atoms with E-state index in [2.05, 4.69) is 33.4 Å². The predicted octanol–water partition coefficient (Wildman–Crippen LogP) is 2.83. The molecule has 2 aromatic rings. The smallest absolute Gasteiger partial charge is 0.279 e. The minimum absolute atomic E-state index is 0.370. The van der Waals surface area contributed by atoms with Crippen molar-refractivity contribution < 1.29 is 14.3 Å². The van der Waals surface area contributed by atoms with Gasteiger partial charge in [0.05, 0.1) is 5.56 Å². The van der Waals surface area contributed by atoms with E-state index in [-0.39, 0.29) is 5.91 Å². The lowest BCUT2D eigenvalue weighted by Gasteiger charge is -2.15. The summed E-state index contributed by atoms with van der Waals surface area (Å²) in [5.41, 5.74) is 6.38. The average Bonchev–Trinajstić information content (AvgIpc) is 2.54. The largest absolute Gasteiger partial charge is 0.481 e. The van der Waals surface area contributed by atoms with E-state index in [9.17, 15) is 9.59 Å². The Morgan fingerprint density at radius 2 is 1.70 bits per heavy atom. The highest BCUT2D eigenvalue weighted by molar-refractivity contribution is 14.1. The highest BCUT2D eigenvalue weighted by Gasteiger charge is 2.16. The van der Waals surface area contributed by atoms with Crippen LogP contribution in [-0.4, -0.2) is 17.9 Å². The molecule has 2 rings (SSSR count). The molecule has 5 nitrogen and oxygen atoms in total. The summed E-state index contributed by atoms with van der Waals surface area (Å²) in [4.78, 5) is 24.0. The van der Waals surface area contributed by atoms with Crippen LogP contribution in [0, 0.1) is 10.5 Å². The number of amides is 2. The topological polar surface area (TPSA) is 67.4 Å². The first-order chi connectivity index (χ1) is 11.0. The van der Waals surface area contributed by atoms with Crippen LogP contribution in [0.15, 0.2) is 48.5 Å². The first-order valence-corrected chi connectivity index (χ1v) is 8.13. The van der Waals surface area contributed by atoms with Crippen LogP contribution in [0.3, 0.4) is 0 Å². The molecule has 0 saturated heterocycles. The third-order valence-electron chi connectivity index (χ3n) is 3.12. The fourth-order valence-electron chi connectivity index (χ4n) is 1.81. The lowest BCUT2D eigenvalue weighted by atomic mass is 10.2. The summed E-state index contributed by atoms with van der Waals surface area (Å²) < 4.78 is 6.33. The SMILES string of the molecule is Cc1ccc(O[C@H](C)C(=O)NNC(=O)c2ccccc2I)cc1. The first-order valence-electron chi connectivity index (χ1n) is 7.05. The Morgan fingerprint density at radius 1 is 1.04 bits per heavy atom. The molecule has 6 heteroatoms. The second kappa shape index (κ2) is 7.96. The van der Waals surface area contributed by atoms with Crippen LogP contribution < -0.4 is 15.6 Å². The summed E-state index contributed by atoms with van der Waals surface area (Å²) in [5.74, 6) is -0.196. The van der Waals surface area contributed by atoms with E-state index in [0.29, 0.717) is 11.3 Å². The number of halogens is 1. The van der Waals surface area contributed by atoms with E-state index in [4.69, 9.17) is 4.74 Å². The van der Waals surface area contributed by atoms with E-state index in [1.165, 1.54) is 0 Å². The molecule has 0 saturated carbocycles. The maximum Gasteiger partial charge on any atom is 0.279 e. The van der Waals surface area contributed by atoms with Crippen LogP contribution in [0.4, 0.5) is 0 Å². The third-order valence-corrected chi connectivity index (χ3v) is 4.06. The van der Waals surface area contributed by atoms with Gasteiger partial charge in [-0.2, -0.15) is 0 Å². The molecule has 0 aliphatic carbocycles. The van der Waals surface area contributed by atoms with E-state index in [1.54, 1.807) is 31.2 Å². The van der Waals surface area contributed by atoms with Crippen LogP contribution in [0.1, 0.15) is 22.8 Å². The lowest BCUT2D eigenvalue weighted by Crippen LogP contribution is -2.47. The summed E-state index contributed by atoms with van der Waals surface area (Å²) in [6, 6.07) is 14.5. The van der Waals surface area contributed by atoms with Gasteiger partial charge in [0.2, 0.25) is 0 Å². The zero-order valence-corrected chi connectivity index (χ0v) is 15.0. The molecular formula is C17H17IN2O3. The monoisotopic (exact) mass is 424 g/mol. The average molecular weight is 424 g/mol. The van der Waals surface area contributed by atoms with Crippen molar-refractivity contribution in [2.45, 2.75) is 20.0 Å². The van der Waals surface area contributed by atoms with E-state index < -0.39 is 12.0 Å². The highest BCUT2D eigenvalue weighted by Crippen LogP contribution is 2.13. The van der Waals surface area contributed by atoms with Gasteiger partial charge < -0.3 is 4.74 Å². The Hall–Kier alpha value is -2.09. The van der Waals surface area contributed by atoms with Gasteiger partial charge in [0.1, 0.15) is 5.75 Å². The van der Waals surface area contributed by atoms with Gasteiger partial charge in [-0.25, -0.2) is 0 Å². The van der Waals surface area contributed by atoms with Crippen LogP contribution in [0.5, 0.6) is 5.75 Å². The molecule has 2 amide bonds. The van der Waals surface area contributed by atoms with Gasteiger partial charge in [0.25, 0.3) is 11.8 Å². The van der Waals surface area contributed by atoms with Gasteiger partial charge in [0, 0.05) is 3.57 Å². The summed E-state index contributed by atoms with van der Waals surface area (Å²) >= 11 is 2.07. The van der Waals surface area contributed by atoms with Gasteiger partial charge in [-0.3, -0.25) is 20.4 Å². The molecule has 0 spiro atoms. The number of rotatable bonds is 4. The molecule has 120 valence electrons. The molecule has 0 unspecified atom stereocenters. The second-order valence-electron chi connectivity index (χ2n) is 5.00. The molecule has 23 heavy (non-hydrogen) atoms. The molecule has 0 fully saturated rings. The van der Waals surface area contributed by atoms with E-state index in [0.717, 1.165) is 9.13 Å². The number of carbonyl (C=O) groups is 2. The predicted molar refractivity (Wildman–Crippen MR) is 96.0 cm³/mol. The molecular weight excluding hydrogens is 407 g/mol. The Morgan fingerprint density at radius 3 is 2.35 bits per heavy atom. The van der Waals surface area contributed by atoms with Crippen molar-refractivity contribution in [1.29, 1.82) is 0 Å². The van der Waals surface area contributed by atoms with Crippen molar-refractivity contribution in [2.75, 3.05) is 0 Å². The van der Waals surface area contributed by atoms with Gasteiger partial charge in [-0.15, -0.1) is 0 Å². The van der Waals surface area contributed by atoms with E-state index >= 15 is 0 Å². The maximum absolute atomic E-state index is 12.0. The number of nitrogens with one attached hydrogen (secondary N) is 2. The Labute approximate surface area is 148 Å². The molecule has 0 heterocycles. The molecule has 1 atom stereocenters. The van der Waals surface area contributed by atoms with Gasteiger partial charge >= 0.3 is 0 Å². The van der Waals surface area contributed by atoms with Crippen LogP contribution in [0.25, 0.3) is 0 Å². The minimum Gasteiger partial charge on any atom is -0.481 e. The number of ether oxygens (including phenoxy) is 1. The van der Waals surface area contributed by atoms with Gasteiger partial charge in [0.15, 0.2) is 6.10 Å². The number of carbonyl (C=O) groups excluding carboxylic acids is 2. The molecule has 0 aromatic heterocycles. The third kappa shape index (κ3) is 4.95. The zero-order chi connectivity index (χ0) is 16.8. The highest BCUT2D eigenvalue weighted by atomic mass is 127. The van der Waals surface area contributed by atoms with Crippen LogP contribution in [0.2, 0.25) is 0 Å². The normalized spacial score (nSPS) is 11.4. The Balaban J connectivity index is 1.87. The van der Waals surface area contributed by atoms with Crippen molar-refractivity contribution in [3.05, 3.63) is 63.2 Å². The van der Waals surface area contributed by atoms with Crippen LogP contribution >= 0.6 is 22.6 Å². The molecule has 0 bridgehead atoms. The lowest BCUT2D eigenvalue weighted by molar-refractivity contribution is -0.128. The van der Waals surface area contributed by atoms with Crippen molar-refractivity contribution in [2.24, 2.45) is 0 Å². The van der Waals surface area contributed by atoms with Crippen molar-refractivity contribution >= 4 is 34.4 Å². The molecule has 0 radical (unpaired) electrons. The van der Waals surface area contributed by atoms with Crippen molar-refractivity contribution in [3.8, 4) is 5.75 Å². The van der Waals surface area contributed by atoms with E-state index in [1.807, 2.05) is 31.2 Å². The number of hydrogen-bond acceptors (Lipinski definition) is 3. The van der Waals surface area contributed by atoms with Crippen molar-refractivity contribution in [1.82, 2.24) is 10.9 Å². The molecule has 2 aromatic carbocycles. The van der Waals surface area contributed by atoms with Crippen LogP contribution in [-0.2, 0) is 4.79 Å². The van der Waals surface area contributed by atoms with Crippen molar-refractivity contribution in [3.63, 3.8) is 0 Å². The van der Waals surface area contributed by atoms with Gasteiger partial charge in [-0.1, -0.05) is 29.8 Å². The summed E-state index contributed by atoms with van der Waals surface area (Å²) in [5, 5.41) is 0. The summed E-state index contributed by atoms with van der Waals surface area (Å²) in [6.07, 6.45) is -0.729. The number of hydrazine groups is 1. The number of aryl methyl sites for hydroxylation is 1. The Bertz CT molecular complexity index is 701. The quantitative estimate of drug-likeness (QED) is 0.586. The van der Waals surface area contributed by atoms with Gasteiger partial charge in [-0.05, 0) is 60.7 Å². The second-order valence-corrected chi connectivity index (χ2v) is 6.16. The minimum atomic E-state index is -0.729. The fourth-order valence-corrected chi connectivity index (χ4v) is 2.44. The Kier molecular flexibility index (Phi) is 5.97. The fraction of sp³-hybridized carbons (Fsp3) is 0.176. The number of benzene rings is 2. The molecule has 0 aliphatic rings. The standard InChI is InChI=1S/C17H17IN2O3/c1-11-7-9-13(10-8-11)23-12(2)16(21)19-20-17(22)14-5-3-4-6-15(14)18/h3-10,12H,1-2H3,(H,19,21)(H,20,22)/t12-/m1/s1.